The minimum Gasteiger partial charge on any atom is -0.336 e. The van der Waals surface area contributed by atoms with Crippen molar-refractivity contribution in [2.24, 2.45) is 0 Å². The Morgan fingerprint density at radius 1 is 1.07 bits per heavy atom. The number of anilines is 1. The van der Waals surface area contributed by atoms with Crippen LogP contribution in [0.25, 0.3) is 0 Å². The molecule has 1 aromatic heterocycles. The van der Waals surface area contributed by atoms with Crippen LogP contribution in [0.4, 0.5) is 10.1 Å². The maximum Gasteiger partial charge on any atom is 0.234 e. The van der Waals surface area contributed by atoms with Crippen LogP contribution in [-0.4, -0.2) is 26.5 Å². The van der Waals surface area contributed by atoms with Gasteiger partial charge in [0.1, 0.15) is 5.82 Å². The van der Waals surface area contributed by atoms with Gasteiger partial charge in [0.25, 0.3) is 0 Å². The summed E-state index contributed by atoms with van der Waals surface area (Å²) < 4.78 is 15.1. The summed E-state index contributed by atoms with van der Waals surface area (Å²) in [7, 11) is 0. The first kappa shape index (κ1) is 20.9. The number of amides is 1. The highest BCUT2D eigenvalue weighted by Crippen LogP contribution is 2.24. The first-order valence-electron chi connectivity index (χ1n) is 9.49. The molecule has 0 saturated carbocycles. The number of para-hydroxylation sites is 1. The zero-order valence-corrected chi connectivity index (χ0v) is 17.3. The summed E-state index contributed by atoms with van der Waals surface area (Å²) in [5.41, 5.74) is 3.59. The van der Waals surface area contributed by atoms with Gasteiger partial charge < -0.3 is 11.2 Å². The van der Waals surface area contributed by atoms with Crippen LogP contribution >= 0.6 is 11.8 Å². The molecule has 8 heteroatoms. The minimum atomic E-state index is -0.314. The Morgan fingerprint density at radius 2 is 1.72 bits per heavy atom. The van der Waals surface area contributed by atoms with Crippen molar-refractivity contribution in [2.75, 3.05) is 16.9 Å². The molecule has 0 spiro atoms. The van der Waals surface area contributed by atoms with E-state index in [4.69, 9.17) is 5.84 Å². The monoisotopic (exact) mass is 413 g/mol. The molecule has 3 N–H and O–H groups in total. The number of carbonyl (C=O) groups is 1. The molecule has 0 aliphatic heterocycles. The topological polar surface area (TPSA) is 85.8 Å². The second kappa shape index (κ2) is 9.56. The molecule has 3 rings (SSSR count). The van der Waals surface area contributed by atoms with E-state index in [0.29, 0.717) is 16.5 Å². The molecular weight excluding hydrogens is 389 g/mol. The van der Waals surface area contributed by atoms with Crippen LogP contribution in [0.2, 0.25) is 0 Å². The Morgan fingerprint density at radius 3 is 2.38 bits per heavy atom. The van der Waals surface area contributed by atoms with Gasteiger partial charge in [0.2, 0.25) is 11.1 Å². The Labute approximate surface area is 173 Å². The molecule has 2 aromatic carbocycles. The number of aryl methyl sites for hydroxylation is 2. The Bertz CT molecular complexity index is 982. The standard InChI is InChI=1S/C21H24FN5OS/c1-3-14-9-7-10-15(4-2)20(14)24-19(28)13-29-21-26-25-18(27(21)23)12-16-8-5-6-11-17(16)22/h5-11H,3-4,12-13,23H2,1-2H3,(H,24,28). The number of hydrogen-bond donors (Lipinski definition) is 2. The van der Waals surface area contributed by atoms with Crippen molar-refractivity contribution in [2.45, 2.75) is 38.3 Å². The van der Waals surface area contributed by atoms with Gasteiger partial charge in [0, 0.05) is 12.1 Å². The van der Waals surface area contributed by atoms with Crippen LogP contribution in [-0.2, 0) is 24.1 Å². The first-order valence-corrected chi connectivity index (χ1v) is 10.5. The average Bonchev–Trinajstić information content (AvgIpc) is 3.07. The molecule has 1 amide bonds. The summed E-state index contributed by atoms with van der Waals surface area (Å²) in [6.07, 6.45) is 1.91. The highest BCUT2D eigenvalue weighted by Gasteiger charge is 2.15. The van der Waals surface area contributed by atoms with Crippen molar-refractivity contribution < 1.29 is 9.18 Å². The summed E-state index contributed by atoms with van der Waals surface area (Å²) in [5.74, 6) is 6.18. The van der Waals surface area contributed by atoms with E-state index in [1.807, 2.05) is 18.2 Å². The number of aromatic nitrogens is 3. The molecule has 0 aliphatic carbocycles. The quantitative estimate of drug-likeness (QED) is 0.435. The number of nitrogens with one attached hydrogen (secondary N) is 1. The average molecular weight is 414 g/mol. The van der Waals surface area contributed by atoms with E-state index in [1.54, 1.807) is 18.2 Å². The summed E-state index contributed by atoms with van der Waals surface area (Å²) >= 11 is 1.20. The van der Waals surface area contributed by atoms with Gasteiger partial charge in [0.15, 0.2) is 5.82 Å². The fourth-order valence-corrected chi connectivity index (χ4v) is 3.72. The van der Waals surface area contributed by atoms with E-state index >= 15 is 0 Å². The van der Waals surface area contributed by atoms with E-state index in [-0.39, 0.29) is 23.9 Å². The van der Waals surface area contributed by atoms with Crippen LogP contribution in [0.3, 0.4) is 0 Å². The molecular formula is C21H24FN5OS. The third-order valence-electron chi connectivity index (χ3n) is 4.64. The predicted octanol–water partition coefficient (Wildman–Crippen LogP) is 3.58. The molecule has 0 radical (unpaired) electrons. The van der Waals surface area contributed by atoms with Gasteiger partial charge in [-0.15, -0.1) is 10.2 Å². The number of halogens is 1. The van der Waals surface area contributed by atoms with Gasteiger partial charge in [-0.2, -0.15) is 0 Å². The maximum absolute atomic E-state index is 13.8. The number of carbonyl (C=O) groups excluding carboxylic acids is 1. The van der Waals surface area contributed by atoms with Gasteiger partial charge >= 0.3 is 0 Å². The summed E-state index contributed by atoms with van der Waals surface area (Å²) in [6, 6.07) is 12.5. The van der Waals surface area contributed by atoms with Crippen molar-refractivity contribution >= 4 is 23.4 Å². The zero-order chi connectivity index (χ0) is 20.8. The molecule has 6 nitrogen and oxygen atoms in total. The highest BCUT2D eigenvalue weighted by atomic mass is 32.2. The molecule has 0 bridgehead atoms. The molecule has 1 heterocycles. The van der Waals surface area contributed by atoms with Crippen molar-refractivity contribution in [1.82, 2.24) is 14.9 Å². The Balaban J connectivity index is 1.65. The van der Waals surface area contributed by atoms with E-state index in [1.165, 1.54) is 22.5 Å². The van der Waals surface area contributed by atoms with Crippen molar-refractivity contribution in [3.63, 3.8) is 0 Å². The van der Waals surface area contributed by atoms with Crippen LogP contribution < -0.4 is 11.2 Å². The molecule has 0 saturated heterocycles. The third-order valence-corrected chi connectivity index (χ3v) is 5.58. The predicted molar refractivity (Wildman–Crippen MR) is 114 cm³/mol. The second-order valence-electron chi connectivity index (χ2n) is 6.53. The smallest absolute Gasteiger partial charge is 0.234 e. The Kier molecular flexibility index (Phi) is 6.87. The summed E-state index contributed by atoms with van der Waals surface area (Å²) in [5, 5.41) is 11.5. The highest BCUT2D eigenvalue weighted by molar-refractivity contribution is 7.99. The minimum absolute atomic E-state index is 0.135. The molecule has 29 heavy (non-hydrogen) atoms. The van der Waals surface area contributed by atoms with E-state index < -0.39 is 0 Å². The molecule has 152 valence electrons. The van der Waals surface area contributed by atoms with Gasteiger partial charge in [-0.25, -0.2) is 9.07 Å². The number of nitrogen functional groups attached to an aromatic ring is 1. The SMILES string of the molecule is CCc1cccc(CC)c1NC(=O)CSc1nnc(Cc2ccccc2F)n1N. The number of hydrogen-bond acceptors (Lipinski definition) is 5. The number of rotatable bonds is 8. The molecule has 0 aliphatic rings. The van der Waals surface area contributed by atoms with Crippen molar-refractivity contribution in [3.8, 4) is 0 Å². The zero-order valence-electron chi connectivity index (χ0n) is 16.5. The lowest BCUT2D eigenvalue weighted by Crippen LogP contribution is -2.19. The lowest BCUT2D eigenvalue weighted by molar-refractivity contribution is -0.113. The summed E-state index contributed by atoms with van der Waals surface area (Å²) in [4.78, 5) is 12.5. The lowest BCUT2D eigenvalue weighted by atomic mass is 10.0. The van der Waals surface area contributed by atoms with Crippen LogP contribution in [0.1, 0.15) is 36.4 Å². The first-order chi connectivity index (χ1) is 14.0. The number of thioether (sulfide) groups is 1. The van der Waals surface area contributed by atoms with E-state index in [9.17, 15) is 9.18 Å². The lowest BCUT2D eigenvalue weighted by Gasteiger charge is -2.14. The number of benzene rings is 2. The van der Waals surface area contributed by atoms with E-state index in [0.717, 1.165) is 29.7 Å². The van der Waals surface area contributed by atoms with Gasteiger partial charge in [-0.1, -0.05) is 62.0 Å². The molecule has 0 atom stereocenters. The fraction of sp³-hybridized carbons (Fsp3) is 0.286. The van der Waals surface area contributed by atoms with Crippen LogP contribution in [0, 0.1) is 5.82 Å². The van der Waals surface area contributed by atoms with Crippen LogP contribution in [0.5, 0.6) is 0 Å². The number of nitrogens with two attached hydrogens (primary N) is 1. The van der Waals surface area contributed by atoms with E-state index in [2.05, 4.69) is 29.4 Å². The third kappa shape index (κ3) is 4.95. The Hall–Kier alpha value is -2.87. The van der Waals surface area contributed by atoms with Crippen molar-refractivity contribution in [3.05, 3.63) is 70.8 Å². The summed E-state index contributed by atoms with van der Waals surface area (Å²) in [6.45, 7) is 4.13. The largest absolute Gasteiger partial charge is 0.336 e. The van der Waals surface area contributed by atoms with Crippen molar-refractivity contribution in [1.29, 1.82) is 0 Å². The second-order valence-corrected chi connectivity index (χ2v) is 7.47. The normalized spacial score (nSPS) is 10.9. The maximum atomic E-state index is 13.8. The fourth-order valence-electron chi connectivity index (χ4n) is 3.05. The molecule has 0 fully saturated rings. The number of nitrogens with zero attached hydrogens (tertiary/aromatic N) is 3. The van der Waals surface area contributed by atoms with Gasteiger partial charge in [0.05, 0.1) is 5.75 Å². The van der Waals surface area contributed by atoms with Gasteiger partial charge in [-0.05, 0) is 35.6 Å². The molecule has 0 unspecified atom stereocenters. The van der Waals surface area contributed by atoms with Crippen LogP contribution in [0.15, 0.2) is 47.6 Å². The molecule has 3 aromatic rings. The van der Waals surface area contributed by atoms with Gasteiger partial charge in [-0.3, -0.25) is 4.79 Å².